The van der Waals surface area contributed by atoms with Crippen molar-refractivity contribution in [2.24, 2.45) is 5.92 Å². The van der Waals surface area contributed by atoms with Crippen LogP contribution in [0.1, 0.15) is 51.2 Å². The number of hydrogen-bond acceptors (Lipinski definition) is 2. The first-order valence-electron chi connectivity index (χ1n) is 6.60. The van der Waals surface area contributed by atoms with Gasteiger partial charge in [0.2, 0.25) is 0 Å². The molecule has 0 radical (unpaired) electrons. The smallest absolute Gasteiger partial charge is 0.404 e. The second-order valence-corrected chi connectivity index (χ2v) is 4.81. The van der Waals surface area contributed by atoms with Crippen molar-refractivity contribution in [3.63, 3.8) is 0 Å². The molecule has 1 aromatic carbocycles. The first kappa shape index (κ1) is 15.0. The Kier molecular flexibility index (Phi) is 6.81. The first-order valence-corrected chi connectivity index (χ1v) is 6.97. The van der Waals surface area contributed by atoms with Crippen LogP contribution in [0.5, 0.6) is 0 Å². The number of carbonyl (C=O) groups excluding carboxylic acids is 1. The summed E-state index contributed by atoms with van der Waals surface area (Å²) in [5.41, 5.74) is 0.299. The van der Waals surface area contributed by atoms with Gasteiger partial charge in [-0.3, -0.25) is 0 Å². The molecule has 18 heavy (non-hydrogen) atoms. The van der Waals surface area contributed by atoms with Crippen LogP contribution in [0.3, 0.4) is 0 Å². The molecule has 0 aliphatic carbocycles. The van der Waals surface area contributed by atoms with Crippen molar-refractivity contribution in [2.45, 2.75) is 45.6 Å². The first-order chi connectivity index (χ1) is 8.69. The van der Waals surface area contributed by atoms with Gasteiger partial charge in [-0.05, 0) is 18.4 Å². The summed E-state index contributed by atoms with van der Waals surface area (Å²) in [6.07, 6.45) is 4.09. The van der Waals surface area contributed by atoms with Gasteiger partial charge in [0.1, 0.15) is 6.10 Å². The average molecular weight is 269 g/mol. The van der Waals surface area contributed by atoms with Crippen molar-refractivity contribution < 1.29 is 9.53 Å². The summed E-state index contributed by atoms with van der Waals surface area (Å²) in [6, 6.07) is 9.84. The summed E-state index contributed by atoms with van der Waals surface area (Å²) in [5, 5.41) is 0. The molecule has 0 aromatic heterocycles. The molecule has 0 bridgehead atoms. The molecule has 0 aliphatic rings. The molecule has 0 fully saturated rings. The predicted octanol–water partition coefficient (Wildman–Crippen LogP) is 5.32. The number of unbranched alkanes of at least 4 members (excludes halogenated alkanes) is 1. The van der Waals surface area contributed by atoms with Gasteiger partial charge in [-0.1, -0.05) is 57.0 Å². The van der Waals surface area contributed by atoms with Crippen molar-refractivity contribution in [1.82, 2.24) is 0 Å². The minimum Gasteiger partial charge on any atom is -0.445 e. The molecule has 0 spiro atoms. The Labute approximate surface area is 114 Å². The molecule has 0 heterocycles. The lowest BCUT2D eigenvalue weighted by atomic mass is 9.89. The monoisotopic (exact) mass is 268 g/mol. The van der Waals surface area contributed by atoms with Crippen LogP contribution in [0.4, 0.5) is 4.79 Å². The van der Waals surface area contributed by atoms with E-state index in [9.17, 15) is 4.79 Å². The van der Waals surface area contributed by atoms with E-state index < -0.39 is 5.43 Å². The summed E-state index contributed by atoms with van der Waals surface area (Å²) in [4.78, 5) is 11.1. The molecule has 2 unspecified atom stereocenters. The van der Waals surface area contributed by atoms with Crippen LogP contribution in [0.2, 0.25) is 0 Å². The number of halogens is 1. The Hall–Kier alpha value is -1.02. The van der Waals surface area contributed by atoms with E-state index in [0.29, 0.717) is 5.92 Å². The van der Waals surface area contributed by atoms with Gasteiger partial charge >= 0.3 is 5.43 Å². The Balaban J connectivity index is 2.85. The van der Waals surface area contributed by atoms with Crippen LogP contribution in [-0.4, -0.2) is 5.43 Å². The lowest BCUT2D eigenvalue weighted by Crippen LogP contribution is -2.17. The molecule has 0 aliphatic heterocycles. The zero-order valence-corrected chi connectivity index (χ0v) is 11.8. The summed E-state index contributed by atoms with van der Waals surface area (Å²) < 4.78 is 5.31. The topological polar surface area (TPSA) is 26.3 Å². The van der Waals surface area contributed by atoms with Gasteiger partial charge in [0.25, 0.3) is 0 Å². The van der Waals surface area contributed by atoms with E-state index in [1.54, 1.807) is 0 Å². The molecular weight excluding hydrogens is 248 g/mol. The second kappa shape index (κ2) is 8.15. The third-order valence-electron chi connectivity index (χ3n) is 3.23. The molecule has 2 atom stereocenters. The minimum absolute atomic E-state index is 0.229. The fourth-order valence-electron chi connectivity index (χ4n) is 2.21. The lowest BCUT2D eigenvalue weighted by Gasteiger charge is -2.25. The van der Waals surface area contributed by atoms with E-state index in [0.717, 1.165) is 31.2 Å². The number of benzene rings is 1. The van der Waals surface area contributed by atoms with Gasteiger partial charge in [0.15, 0.2) is 0 Å². The molecule has 3 heteroatoms. The maximum absolute atomic E-state index is 11.1. The molecule has 100 valence electrons. The van der Waals surface area contributed by atoms with Gasteiger partial charge < -0.3 is 4.74 Å². The SMILES string of the molecule is CCCCC(CC)C(OC(=O)Cl)c1ccccc1. The van der Waals surface area contributed by atoms with Crippen LogP contribution < -0.4 is 0 Å². The minimum atomic E-state index is -0.723. The number of ether oxygens (including phenoxy) is 1. The predicted molar refractivity (Wildman–Crippen MR) is 74.8 cm³/mol. The third kappa shape index (κ3) is 4.69. The Morgan fingerprint density at radius 2 is 1.94 bits per heavy atom. The van der Waals surface area contributed by atoms with Gasteiger partial charge in [-0.25, -0.2) is 4.79 Å². The summed E-state index contributed by atoms with van der Waals surface area (Å²) in [7, 11) is 0. The van der Waals surface area contributed by atoms with Crippen LogP contribution in [0, 0.1) is 5.92 Å². The highest BCUT2D eigenvalue weighted by Crippen LogP contribution is 2.32. The Morgan fingerprint density at radius 3 is 2.44 bits per heavy atom. The normalized spacial score (nSPS) is 13.9. The fraction of sp³-hybridized carbons (Fsp3) is 0.533. The molecule has 0 saturated carbocycles. The molecule has 2 nitrogen and oxygen atoms in total. The average Bonchev–Trinajstić information content (AvgIpc) is 2.39. The maximum atomic E-state index is 11.1. The third-order valence-corrected chi connectivity index (χ3v) is 3.32. The highest BCUT2D eigenvalue weighted by atomic mass is 35.5. The van der Waals surface area contributed by atoms with E-state index >= 15 is 0 Å². The fourth-order valence-corrected chi connectivity index (χ4v) is 2.31. The zero-order chi connectivity index (χ0) is 13.4. The maximum Gasteiger partial charge on any atom is 0.404 e. The van der Waals surface area contributed by atoms with Crippen molar-refractivity contribution in [3.05, 3.63) is 35.9 Å². The molecule has 0 saturated heterocycles. The second-order valence-electron chi connectivity index (χ2n) is 4.50. The van der Waals surface area contributed by atoms with Crippen LogP contribution in [-0.2, 0) is 4.74 Å². The van der Waals surface area contributed by atoms with E-state index in [-0.39, 0.29) is 6.10 Å². The Morgan fingerprint density at radius 1 is 1.28 bits per heavy atom. The van der Waals surface area contributed by atoms with E-state index in [4.69, 9.17) is 16.3 Å². The van der Waals surface area contributed by atoms with Gasteiger partial charge in [-0.2, -0.15) is 0 Å². The highest BCUT2D eigenvalue weighted by Gasteiger charge is 2.24. The largest absolute Gasteiger partial charge is 0.445 e. The van der Waals surface area contributed by atoms with E-state index in [2.05, 4.69) is 13.8 Å². The van der Waals surface area contributed by atoms with Crippen molar-refractivity contribution in [1.29, 1.82) is 0 Å². The summed E-state index contributed by atoms with van der Waals surface area (Å²) in [6.45, 7) is 4.29. The lowest BCUT2D eigenvalue weighted by molar-refractivity contribution is 0.0734. The summed E-state index contributed by atoms with van der Waals surface area (Å²) in [5.74, 6) is 0.329. The molecule has 0 N–H and O–H groups in total. The molecular formula is C15H21ClO2. The van der Waals surface area contributed by atoms with Gasteiger partial charge in [0, 0.05) is 17.5 Å². The van der Waals surface area contributed by atoms with Crippen LogP contribution >= 0.6 is 11.6 Å². The quantitative estimate of drug-likeness (QED) is 0.626. The van der Waals surface area contributed by atoms with E-state index in [1.807, 2.05) is 30.3 Å². The number of rotatable bonds is 7. The number of hydrogen-bond donors (Lipinski definition) is 0. The summed E-state index contributed by atoms with van der Waals surface area (Å²) >= 11 is 5.40. The zero-order valence-electron chi connectivity index (χ0n) is 11.1. The number of carbonyl (C=O) groups is 1. The highest BCUT2D eigenvalue weighted by molar-refractivity contribution is 6.61. The molecule has 1 aromatic rings. The molecule has 1 rings (SSSR count). The van der Waals surface area contributed by atoms with Crippen LogP contribution in [0.15, 0.2) is 30.3 Å². The van der Waals surface area contributed by atoms with Crippen molar-refractivity contribution >= 4 is 17.0 Å². The van der Waals surface area contributed by atoms with Gasteiger partial charge in [-0.15, -0.1) is 0 Å². The molecule has 0 amide bonds. The van der Waals surface area contributed by atoms with Gasteiger partial charge in [0.05, 0.1) is 0 Å². The van der Waals surface area contributed by atoms with Crippen molar-refractivity contribution in [3.8, 4) is 0 Å². The van der Waals surface area contributed by atoms with Crippen LogP contribution in [0.25, 0.3) is 0 Å². The van der Waals surface area contributed by atoms with Crippen molar-refractivity contribution in [2.75, 3.05) is 0 Å². The Bertz CT molecular complexity index is 351. The van der Waals surface area contributed by atoms with E-state index in [1.165, 1.54) is 0 Å². The standard InChI is InChI=1S/C15H21ClO2/c1-3-5-9-12(4-2)14(18-15(16)17)13-10-7-6-8-11-13/h6-8,10-12,14H,3-5,9H2,1-2H3.